The molecule has 0 aliphatic heterocycles. The summed E-state index contributed by atoms with van der Waals surface area (Å²) in [6, 6.07) is 16.4. The van der Waals surface area contributed by atoms with Crippen molar-refractivity contribution in [3.05, 3.63) is 84.2 Å². The molecule has 8 nitrogen and oxygen atoms in total. The summed E-state index contributed by atoms with van der Waals surface area (Å²) < 4.78 is 28.4. The average molecular weight is 421 g/mol. The molecule has 0 aliphatic rings. The molecular weight excluding hydrogens is 402 g/mol. The van der Waals surface area contributed by atoms with E-state index in [-0.39, 0.29) is 10.8 Å². The van der Waals surface area contributed by atoms with Gasteiger partial charge in [0.1, 0.15) is 5.82 Å². The highest BCUT2D eigenvalue weighted by molar-refractivity contribution is 7.92. The maximum Gasteiger partial charge on any atom is 0.264 e. The third-order valence-corrected chi connectivity index (χ3v) is 6.50. The average Bonchev–Trinajstić information content (AvgIpc) is 3.23. The van der Waals surface area contributed by atoms with Crippen LogP contribution in [0.3, 0.4) is 0 Å². The van der Waals surface area contributed by atoms with Crippen molar-refractivity contribution >= 4 is 33.1 Å². The number of sulfonamides is 1. The Hall–Kier alpha value is -3.72. The SMILES string of the molecule is Cc1ccc(S(=O)(=O)N(C)c2ccc(C(=O)Nc3ccnc4ccnn34)cc2)cc1. The van der Waals surface area contributed by atoms with Gasteiger partial charge in [-0.2, -0.15) is 9.61 Å². The summed E-state index contributed by atoms with van der Waals surface area (Å²) in [7, 11) is -2.21. The second kappa shape index (κ2) is 7.60. The third-order valence-electron chi connectivity index (χ3n) is 4.70. The Bertz CT molecular complexity index is 1310. The molecule has 0 saturated carbocycles. The van der Waals surface area contributed by atoms with Gasteiger partial charge in [-0.25, -0.2) is 13.4 Å². The summed E-state index contributed by atoms with van der Waals surface area (Å²) >= 11 is 0. The molecule has 0 fully saturated rings. The van der Waals surface area contributed by atoms with Crippen molar-refractivity contribution in [2.75, 3.05) is 16.7 Å². The first kappa shape index (κ1) is 19.6. The second-order valence-electron chi connectivity index (χ2n) is 6.72. The minimum atomic E-state index is -3.69. The van der Waals surface area contributed by atoms with Gasteiger partial charge in [-0.3, -0.25) is 9.10 Å². The summed E-state index contributed by atoms with van der Waals surface area (Å²) in [5.41, 5.74) is 2.43. The zero-order valence-electron chi connectivity index (χ0n) is 16.4. The molecule has 2 aromatic carbocycles. The van der Waals surface area contributed by atoms with E-state index in [0.29, 0.717) is 22.7 Å². The van der Waals surface area contributed by atoms with Gasteiger partial charge in [-0.15, -0.1) is 0 Å². The van der Waals surface area contributed by atoms with E-state index in [1.807, 2.05) is 6.92 Å². The molecule has 0 radical (unpaired) electrons. The molecule has 0 aliphatic carbocycles. The fourth-order valence-corrected chi connectivity index (χ4v) is 4.14. The van der Waals surface area contributed by atoms with E-state index in [0.717, 1.165) is 5.56 Å². The first-order valence-corrected chi connectivity index (χ1v) is 10.6. The predicted octanol–water partition coefficient (Wildman–Crippen LogP) is 3.12. The van der Waals surface area contributed by atoms with Crippen molar-refractivity contribution in [3.63, 3.8) is 0 Å². The lowest BCUT2D eigenvalue weighted by atomic mass is 10.2. The summed E-state index contributed by atoms with van der Waals surface area (Å²) in [6.45, 7) is 1.90. The number of fused-ring (bicyclic) bond motifs is 1. The highest BCUT2D eigenvalue weighted by atomic mass is 32.2. The van der Waals surface area contributed by atoms with E-state index in [9.17, 15) is 13.2 Å². The Morgan fingerprint density at radius 3 is 2.37 bits per heavy atom. The van der Waals surface area contributed by atoms with E-state index < -0.39 is 10.0 Å². The van der Waals surface area contributed by atoms with E-state index in [2.05, 4.69) is 15.4 Å². The molecule has 0 spiro atoms. The largest absolute Gasteiger partial charge is 0.306 e. The first-order chi connectivity index (χ1) is 14.4. The number of carbonyl (C=O) groups is 1. The van der Waals surface area contributed by atoms with E-state index in [1.54, 1.807) is 73.1 Å². The topological polar surface area (TPSA) is 96.7 Å². The third kappa shape index (κ3) is 3.62. The van der Waals surface area contributed by atoms with Crippen molar-refractivity contribution in [2.24, 2.45) is 0 Å². The van der Waals surface area contributed by atoms with Crippen LogP contribution in [-0.4, -0.2) is 36.0 Å². The highest BCUT2D eigenvalue weighted by Crippen LogP contribution is 2.23. The number of nitrogens with zero attached hydrogens (tertiary/aromatic N) is 4. The van der Waals surface area contributed by atoms with Gasteiger partial charge in [0.2, 0.25) is 0 Å². The van der Waals surface area contributed by atoms with Gasteiger partial charge in [-0.05, 0) is 49.4 Å². The Labute approximate surface area is 173 Å². The monoisotopic (exact) mass is 421 g/mol. The molecule has 0 bridgehead atoms. The van der Waals surface area contributed by atoms with Crippen LogP contribution >= 0.6 is 0 Å². The van der Waals surface area contributed by atoms with E-state index in [4.69, 9.17) is 0 Å². The molecule has 2 aromatic heterocycles. The van der Waals surface area contributed by atoms with Crippen LogP contribution in [0.15, 0.2) is 78.0 Å². The lowest BCUT2D eigenvalue weighted by Gasteiger charge is -2.20. The van der Waals surface area contributed by atoms with Gasteiger partial charge >= 0.3 is 0 Å². The molecule has 4 rings (SSSR count). The van der Waals surface area contributed by atoms with Gasteiger partial charge in [-0.1, -0.05) is 17.7 Å². The number of carbonyl (C=O) groups excluding carboxylic acids is 1. The van der Waals surface area contributed by atoms with Gasteiger partial charge in [0.05, 0.1) is 16.8 Å². The number of aromatic nitrogens is 3. The van der Waals surface area contributed by atoms with Crippen LogP contribution in [0.4, 0.5) is 11.5 Å². The van der Waals surface area contributed by atoms with Gasteiger partial charge in [0, 0.05) is 24.9 Å². The maximum absolute atomic E-state index is 12.8. The molecule has 9 heteroatoms. The minimum Gasteiger partial charge on any atom is -0.306 e. The van der Waals surface area contributed by atoms with Crippen LogP contribution in [-0.2, 0) is 10.0 Å². The summed E-state index contributed by atoms with van der Waals surface area (Å²) in [6.07, 6.45) is 3.18. The molecule has 0 saturated heterocycles. The fourth-order valence-electron chi connectivity index (χ4n) is 2.95. The van der Waals surface area contributed by atoms with Crippen molar-refractivity contribution in [3.8, 4) is 0 Å². The van der Waals surface area contributed by atoms with Crippen LogP contribution in [0.2, 0.25) is 0 Å². The number of anilines is 2. The zero-order chi connectivity index (χ0) is 21.3. The molecule has 30 heavy (non-hydrogen) atoms. The fraction of sp³-hybridized carbons (Fsp3) is 0.0952. The van der Waals surface area contributed by atoms with Crippen molar-refractivity contribution in [1.29, 1.82) is 0 Å². The van der Waals surface area contributed by atoms with Crippen molar-refractivity contribution in [1.82, 2.24) is 14.6 Å². The Kier molecular flexibility index (Phi) is 4.96. The molecule has 0 atom stereocenters. The molecule has 1 amide bonds. The van der Waals surface area contributed by atoms with Crippen LogP contribution in [0.1, 0.15) is 15.9 Å². The number of benzene rings is 2. The van der Waals surface area contributed by atoms with Gasteiger partial charge < -0.3 is 5.32 Å². The molecule has 0 unspecified atom stereocenters. The van der Waals surface area contributed by atoms with Gasteiger partial charge in [0.15, 0.2) is 5.65 Å². The number of amides is 1. The van der Waals surface area contributed by atoms with Crippen LogP contribution in [0.5, 0.6) is 0 Å². The quantitative estimate of drug-likeness (QED) is 0.534. The normalized spacial score (nSPS) is 11.4. The number of hydrogen-bond donors (Lipinski definition) is 1. The summed E-state index contributed by atoms with van der Waals surface area (Å²) in [5, 5.41) is 6.92. The van der Waals surface area contributed by atoms with Crippen LogP contribution in [0.25, 0.3) is 5.65 Å². The first-order valence-electron chi connectivity index (χ1n) is 9.12. The Morgan fingerprint density at radius 1 is 0.967 bits per heavy atom. The summed E-state index contributed by atoms with van der Waals surface area (Å²) in [4.78, 5) is 17.0. The maximum atomic E-state index is 12.8. The number of hydrogen-bond acceptors (Lipinski definition) is 5. The number of nitrogens with one attached hydrogen (secondary N) is 1. The highest BCUT2D eigenvalue weighted by Gasteiger charge is 2.21. The molecular formula is C21H19N5O3S. The van der Waals surface area contributed by atoms with Crippen LogP contribution < -0.4 is 9.62 Å². The number of rotatable bonds is 5. The molecule has 152 valence electrons. The predicted molar refractivity (Wildman–Crippen MR) is 114 cm³/mol. The standard InChI is InChI=1S/C21H19N5O3S/c1-15-3-9-18(10-4-15)30(28,29)25(2)17-7-5-16(6-8-17)21(27)24-20-11-13-22-19-12-14-23-26(19)20/h3-14H,1-2H3,(H,24,27). The number of aryl methyl sites for hydroxylation is 1. The summed E-state index contributed by atoms with van der Waals surface area (Å²) in [5.74, 6) is 0.145. The van der Waals surface area contributed by atoms with Gasteiger partial charge in [0.25, 0.3) is 15.9 Å². The molecule has 2 heterocycles. The van der Waals surface area contributed by atoms with Crippen LogP contribution in [0, 0.1) is 6.92 Å². The minimum absolute atomic E-state index is 0.207. The molecule has 1 N–H and O–H groups in total. The van der Waals surface area contributed by atoms with E-state index >= 15 is 0 Å². The smallest absolute Gasteiger partial charge is 0.264 e. The molecule has 4 aromatic rings. The second-order valence-corrected chi connectivity index (χ2v) is 8.69. The van der Waals surface area contributed by atoms with Crippen molar-refractivity contribution in [2.45, 2.75) is 11.8 Å². The lowest BCUT2D eigenvalue weighted by Crippen LogP contribution is -2.26. The Morgan fingerprint density at radius 2 is 1.67 bits per heavy atom. The lowest BCUT2D eigenvalue weighted by molar-refractivity contribution is 0.102. The zero-order valence-corrected chi connectivity index (χ0v) is 17.2. The van der Waals surface area contributed by atoms with Crippen molar-refractivity contribution < 1.29 is 13.2 Å². The van der Waals surface area contributed by atoms with E-state index in [1.165, 1.54) is 15.9 Å². The Balaban J connectivity index is 1.54.